The second-order valence-corrected chi connectivity index (χ2v) is 6.81. The Morgan fingerprint density at radius 3 is 2.52 bits per heavy atom. The smallest absolute Gasteiger partial charge is 0.0951 e. The van der Waals surface area contributed by atoms with Crippen molar-refractivity contribution in [1.82, 2.24) is 19.4 Å². The minimum atomic E-state index is 0.301. The highest BCUT2D eigenvalue weighted by Crippen LogP contribution is 2.27. The van der Waals surface area contributed by atoms with Crippen molar-refractivity contribution >= 4 is 0 Å². The van der Waals surface area contributed by atoms with Crippen LogP contribution in [0, 0.1) is 5.92 Å². The lowest BCUT2D eigenvalue weighted by atomic mass is 9.95. The molecule has 0 aromatic carbocycles. The molecular weight excluding hydrogens is 262 g/mol. The lowest BCUT2D eigenvalue weighted by molar-refractivity contribution is 0.118. The fraction of sp³-hybridized carbons (Fsp3) is 0.812. The predicted octanol–water partition coefficient (Wildman–Crippen LogP) is 1.74. The van der Waals surface area contributed by atoms with E-state index < -0.39 is 0 Å². The molecule has 1 aromatic heterocycles. The summed E-state index contributed by atoms with van der Waals surface area (Å²) in [5.41, 5.74) is 7.35. The van der Waals surface area contributed by atoms with E-state index in [2.05, 4.69) is 47.3 Å². The molecule has 0 spiro atoms. The molecule has 120 valence electrons. The summed E-state index contributed by atoms with van der Waals surface area (Å²) >= 11 is 0. The molecule has 0 bridgehead atoms. The first-order valence-electron chi connectivity index (χ1n) is 8.13. The van der Waals surface area contributed by atoms with Gasteiger partial charge in [-0.2, -0.15) is 0 Å². The molecule has 1 saturated heterocycles. The Balaban J connectivity index is 2.01. The van der Waals surface area contributed by atoms with Gasteiger partial charge in [0.2, 0.25) is 0 Å². The van der Waals surface area contributed by atoms with Gasteiger partial charge in [0, 0.05) is 25.3 Å². The van der Waals surface area contributed by atoms with Gasteiger partial charge in [0.05, 0.1) is 18.1 Å². The first-order valence-corrected chi connectivity index (χ1v) is 8.13. The maximum Gasteiger partial charge on any atom is 0.0951 e. The van der Waals surface area contributed by atoms with Gasteiger partial charge in [-0.1, -0.05) is 0 Å². The van der Waals surface area contributed by atoms with Gasteiger partial charge in [-0.05, 0) is 59.8 Å². The van der Waals surface area contributed by atoms with E-state index in [-0.39, 0.29) is 0 Å². The topological polar surface area (TPSA) is 50.3 Å². The average molecular weight is 293 g/mol. The van der Waals surface area contributed by atoms with Gasteiger partial charge >= 0.3 is 0 Å². The van der Waals surface area contributed by atoms with E-state index in [1.54, 1.807) is 0 Å². The zero-order valence-electron chi connectivity index (χ0n) is 14.0. The SMILES string of the molecule is CC(C)n1cncc1C(CN)N1CCC(CN(C)C)CC1. The van der Waals surface area contributed by atoms with Crippen LogP contribution in [-0.4, -0.2) is 59.6 Å². The summed E-state index contributed by atoms with van der Waals surface area (Å²) in [6, 6.07) is 0.734. The molecule has 2 rings (SSSR count). The van der Waals surface area contributed by atoms with E-state index in [0.717, 1.165) is 19.0 Å². The van der Waals surface area contributed by atoms with Crippen molar-refractivity contribution in [1.29, 1.82) is 0 Å². The van der Waals surface area contributed by atoms with Gasteiger partial charge in [-0.15, -0.1) is 0 Å². The molecule has 0 amide bonds. The molecule has 1 aliphatic rings. The van der Waals surface area contributed by atoms with Crippen molar-refractivity contribution in [3.05, 3.63) is 18.2 Å². The summed E-state index contributed by atoms with van der Waals surface area (Å²) in [6.45, 7) is 8.54. The third-order valence-corrected chi connectivity index (χ3v) is 4.53. The van der Waals surface area contributed by atoms with Crippen LogP contribution >= 0.6 is 0 Å². The zero-order chi connectivity index (χ0) is 15.4. The molecule has 2 heterocycles. The normalized spacial score (nSPS) is 19.6. The number of likely N-dealkylation sites (tertiary alicyclic amines) is 1. The molecule has 2 N–H and O–H groups in total. The highest BCUT2D eigenvalue weighted by atomic mass is 15.2. The van der Waals surface area contributed by atoms with Crippen LogP contribution in [0.25, 0.3) is 0 Å². The summed E-state index contributed by atoms with van der Waals surface area (Å²) in [5, 5.41) is 0. The fourth-order valence-corrected chi connectivity index (χ4v) is 3.42. The van der Waals surface area contributed by atoms with E-state index in [9.17, 15) is 0 Å². The third kappa shape index (κ3) is 4.05. The van der Waals surface area contributed by atoms with Crippen molar-refractivity contribution in [3.8, 4) is 0 Å². The molecule has 1 unspecified atom stereocenters. The zero-order valence-corrected chi connectivity index (χ0v) is 14.0. The molecule has 0 saturated carbocycles. The number of aromatic nitrogens is 2. The predicted molar refractivity (Wildman–Crippen MR) is 87.3 cm³/mol. The summed E-state index contributed by atoms with van der Waals surface area (Å²) in [4.78, 5) is 9.18. The number of piperidine rings is 1. The quantitative estimate of drug-likeness (QED) is 0.868. The molecule has 5 nitrogen and oxygen atoms in total. The maximum atomic E-state index is 6.09. The van der Waals surface area contributed by atoms with Gasteiger partial charge in [-0.25, -0.2) is 4.98 Å². The van der Waals surface area contributed by atoms with Crippen molar-refractivity contribution in [2.75, 3.05) is 40.3 Å². The fourth-order valence-electron chi connectivity index (χ4n) is 3.42. The standard InChI is InChI=1S/C16H31N5/c1-13(2)21-12-18-10-16(21)15(9-17)20-7-5-14(6-8-20)11-19(3)4/h10,12-15H,5-9,11,17H2,1-4H3. The number of rotatable bonds is 6. The van der Waals surface area contributed by atoms with Crippen LogP contribution in [0.2, 0.25) is 0 Å². The van der Waals surface area contributed by atoms with E-state index in [1.807, 2.05) is 12.5 Å². The van der Waals surface area contributed by atoms with Gasteiger partial charge in [0.15, 0.2) is 0 Å². The number of nitrogens with two attached hydrogens (primary N) is 1. The van der Waals surface area contributed by atoms with Gasteiger partial charge in [0.25, 0.3) is 0 Å². The molecule has 21 heavy (non-hydrogen) atoms. The Bertz CT molecular complexity index is 418. The summed E-state index contributed by atoms with van der Waals surface area (Å²) in [6.07, 6.45) is 6.46. The number of hydrogen-bond donors (Lipinski definition) is 1. The first kappa shape index (κ1) is 16.5. The summed E-state index contributed by atoms with van der Waals surface area (Å²) < 4.78 is 2.25. The van der Waals surface area contributed by atoms with Crippen molar-refractivity contribution in [2.24, 2.45) is 11.7 Å². The highest BCUT2D eigenvalue weighted by Gasteiger charge is 2.27. The minimum absolute atomic E-state index is 0.301. The van der Waals surface area contributed by atoms with Crippen LogP contribution in [-0.2, 0) is 0 Å². The molecule has 0 aliphatic carbocycles. The number of hydrogen-bond acceptors (Lipinski definition) is 4. The first-order chi connectivity index (χ1) is 10.0. The largest absolute Gasteiger partial charge is 0.331 e. The highest BCUT2D eigenvalue weighted by molar-refractivity contribution is 5.08. The molecule has 1 aromatic rings. The van der Waals surface area contributed by atoms with Crippen LogP contribution in [0.15, 0.2) is 12.5 Å². The van der Waals surface area contributed by atoms with E-state index in [0.29, 0.717) is 18.6 Å². The second-order valence-electron chi connectivity index (χ2n) is 6.81. The molecule has 1 fully saturated rings. The summed E-state index contributed by atoms with van der Waals surface area (Å²) in [7, 11) is 4.33. The Morgan fingerprint density at radius 1 is 1.33 bits per heavy atom. The van der Waals surface area contributed by atoms with Crippen LogP contribution in [0.1, 0.15) is 44.5 Å². The van der Waals surface area contributed by atoms with E-state index in [1.165, 1.54) is 25.1 Å². The number of nitrogens with zero attached hydrogens (tertiary/aromatic N) is 4. The monoisotopic (exact) mass is 293 g/mol. The summed E-state index contributed by atoms with van der Waals surface area (Å²) in [5.74, 6) is 0.824. The van der Waals surface area contributed by atoms with Gasteiger partial charge < -0.3 is 15.2 Å². The Hall–Kier alpha value is -0.910. The lowest BCUT2D eigenvalue weighted by Gasteiger charge is -2.38. The molecular formula is C16H31N5. The van der Waals surface area contributed by atoms with Gasteiger partial charge in [0.1, 0.15) is 0 Å². The minimum Gasteiger partial charge on any atom is -0.331 e. The maximum absolute atomic E-state index is 6.09. The van der Waals surface area contributed by atoms with Gasteiger partial charge in [-0.3, -0.25) is 4.90 Å². The average Bonchev–Trinajstić information content (AvgIpc) is 2.90. The molecule has 1 aliphatic heterocycles. The number of imidazole rings is 1. The van der Waals surface area contributed by atoms with Crippen LogP contribution in [0.4, 0.5) is 0 Å². The Morgan fingerprint density at radius 2 is 2.00 bits per heavy atom. The Labute approximate surface area is 129 Å². The Kier molecular flexibility index (Phi) is 5.79. The lowest BCUT2D eigenvalue weighted by Crippen LogP contribution is -2.42. The third-order valence-electron chi connectivity index (χ3n) is 4.53. The van der Waals surface area contributed by atoms with Crippen LogP contribution < -0.4 is 5.73 Å². The van der Waals surface area contributed by atoms with Crippen LogP contribution in [0.5, 0.6) is 0 Å². The van der Waals surface area contributed by atoms with E-state index >= 15 is 0 Å². The van der Waals surface area contributed by atoms with Crippen molar-refractivity contribution < 1.29 is 0 Å². The molecule has 1 atom stereocenters. The van der Waals surface area contributed by atoms with Crippen LogP contribution in [0.3, 0.4) is 0 Å². The van der Waals surface area contributed by atoms with E-state index in [4.69, 9.17) is 5.73 Å². The van der Waals surface area contributed by atoms with Crippen molar-refractivity contribution in [3.63, 3.8) is 0 Å². The molecule has 0 radical (unpaired) electrons. The van der Waals surface area contributed by atoms with Crippen molar-refractivity contribution in [2.45, 2.75) is 38.8 Å². The second kappa shape index (κ2) is 7.38. The molecule has 5 heteroatoms.